The topological polar surface area (TPSA) is 34.1 Å². The Morgan fingerprint density at radius 1 is 1.47 bits per heavy atom. The molecule has 0 aliphatic heterocycles. The third-order valence-corrected chi connectivity index (χ3v) is 4.79. The molecule has 0 aromatic carbocycles. The first-order valence-corrected chi connectivity index (χ1v) is 6.07. The second-order valence-corrected chi connectivity index (χ2v) is 5.56. The van der Waals surface area contributed by atoms with Crippen LogP contribution in [0.2, 0.25) is 0 Å². The molecule has 0 aromatic heterocycles. The minimum atomic E-state index is 0.117. The molecule has 2 aliphatic rings. The van der Waals surface area contributed by atoms with E-state index in [-0.39, 0.29) is 17.3 Å². The van der Waals surface area contributed by atoms with Gasteiger partial charge >= 0.3 is 0 Å². The van der Waals surface area contributed by atoms with Crippen LogP contribution in [0.5, 0.6) is 0 Å². The number of carbonyl (C=O) groups is 2. The van der Waals surface area contributed by atoms with Gasteiger partial charge in [0.1, 0.15) is 12.1 Å². The van der Waals surface area contributed by atoms with Crippen molar-refractivity contribution in [3.63, 3.8) is 0 Å². The zero-order valence-electron chi connectivity index (χ0n) is 9.66. The van der Waals surface area contributed by atoms with E-state index in [9.17, 15) is 9.59 Å². The molecule has 84 valence electrons. The molecular weight excluding hydrogens is 188 g/mol. The lowest BCUT2D eigenvalue weighted by Gasteiger charge is -2.41. The van der Waals surface area contributed by atoms with E-state index in [0.717, 1.165) is 38.4 Å². The van der Waals surface area contributed by atoms with Crippen molar-refractivity contribution in [3.8, 4) is 0 Å². The largest absolute Gasteiger partial charge is 0.303 e. The standard InChI is InChI=1S/C13H20O2/c1-9(8-14)10-5-6-11-12(15)4-3-7-13(10,11)2/h8-11H,3-7H2,1-2H3/t9-,10+,11+,13+/m0/s1. The summed E-state index contributed by atoms with van der Waals surface area (Å²) in [5.41, 5.74) is 0.121. The summed E-state index contributed by atoms with van der Waals surface area (Å²) in [4.78, 5) is 22.8. The summed E-state index contributed by atoms with van der Waals surface area (Å²) in [5, 5.41) is 0. The quantitative estimate of drug-likeness (QED) is 0.654. The Bertz CT molecular complexity index is 284. The number of ketones is 1. The minimum Gasteiger partial charge on any atom is -0.303 e. The molecule has 0 unspecified atom stereocenters. The number of Topliss-reactive ketones (excluding diaryl/α,β-unsaturated/α-hetero) is 1. The fourth-order valence-electron chi connectivity index (χ4n) is 3.93. The molecule has 0 radical (unpaired) electrons. The van der Waals surface area contributed by atoms with Gasteiger partial charge in [-0.2, -0.15) is 0 Å². The average molecular weight is 208 g/mol. The van der Waals surface area contributed by atoms with Gasteiger partial charge in [-0.05, 0) is 37.0 Å². The molecule has 0 N–H and O–H groups in total. The highest BCUT2D eigenvalue weighted by Gasteiger charge is 2.52. The number of hydrogen-bond donors (Lipinski definition) is 0. The van der Waals surface area contributed by atoms with Crippen molar-refractivity contribution in [1.29, 1.82) is 0 Å². The first kappa shape index (κ1) is 10.8. The zero-order valence-corrected chi connectivity index (χ0v) is 9.66. The molecule has 2 heteroatoms. The van der Waals surface area contributed by atoms with Crippen LogP contribution in [0.1, 0.15) is 46.0 Å². The van der Waals surface area contributed by atoms with Crippen molar-refractivity contribution in [2.45, 2.75) is 46.0 Å². The van der Waals surface area contributed by atoms with Gasteiger partial charge in [0.05, 0.1) is 0 Å². The second kappa shape index (κ2) is 3.73. The van der Waals surface area contributed by atoms with Crippen molar-refractivity contribution < 1.29 is 9.59 Å². The Morgan fingerprint density at radius 2 is 2.20 bits per heavy atom. The van der Waals surface area contributed by atoms with Gasteiger partial charge in [-0.3, -0.25) is 4.79 Å². The first-order valence-electron chi connectivity index (χ1n) is 6.07. The number of carbonyl (C=O) groups excluding carboxylic acids is 2. The van der Waals surface area contributed by atoms with Crippen molar-refractivity contribution in [1.82, 2.24) is 0 Å². The van der Waals surface area contributed by atoms with Crippen molar-refractivity contribution in [3.05, 3.63) is 0 Å². The molecule has 4 atom stereocenters. The van der Waals surface area contributed by atoms with Crippen LogP contribution in [-0.4, -0.2) is 12.1 Å². The van der Waals surface area contributed by atoms with Crippen LogP contribution in [0, 0.1) is 23.2 Å². The normalized spacial score (nSPS) is 42.4. The van der Waals surface area contributed by atoms with Crippen LogP contribution in [-0.2, 0) is 9.59 Å². The Morgan fingerprint density at radius 3 is 2.87 bits per heavy atom. The van der Waals surface area contributed by atoms with E-state index < -0.39 is 0 Å². The van der Waals surface area contributed by atoms with E-state index >= 15 is 0 Å². The molecule has 2 rings (SSSR count). The smallest absolute Gasteiger partial charge is 0.136 e. The molecule has 0 amide bonds. The van der Waals surface area contributed by atoms with Crippen molar-refractivity contribution in [2.24, 2.45) is 23.2 Å². The van der Waals surface area contributed by atoms with E-state index in [4.69, 9.17) is 0 Å². The predicted molar refractivity (Wildman–Crippen MR) is 58.4 cm³/mol. The molecule has 2 saturated carbocycles. The van der Waals surface area contributed by atoms with Crippen LogP contribution in [0.3, 0.4) is 0 Å². The van der Waals surface area contributed by atoms with E-state index in [1.807, 2.05) is 6.92 Å². The fourth-order valence-corrected chi connectivity index (χ4v) is 3.93. The maximum absolute atomic E-state index is 11.8. The molecule has 2 nitrogen and oxygen atoms in total. The predicted octanol–water partition coefficient (Wildman–Crippen LogP) is 2.61. The highest BCUT2D eigenvalue weighted by Crippen LogP contribution is 2.56. The summed E-state index contributed by atoms with van der Waals surface area (Å²) in [5.74, 6) is 1.25. The maximum atomic E-state index is 11.8. The number of fused-ring (bicyclic) bond motifs is 1. The monoisotopic (exact) mass is 208 g/mol. The van der Waals surface area contributed by atoms with Gasteiger partial charge in [0.2, 0.25) is 0 Å². The highest BCUT2D eigenvalue weighted by molar-refractivity contribution is 5.83. The summed E-state index contributed by atoms with van der Waals surface area (Å²) in [7, 11) is 0. The SMILES string of the molecule is C[C@@H](C=O)[C@H]1CC[C@@H]2C(=O)CCC[C@@]21C. The van der Waals surface area contributed by atoms with E-state index in [2.05, 4.69) is 6.92 Å². The summed E-state index contributed by atoms with van der Waals surface area (Å²) in [6.45, 7) is 4.23. The van der Waals surface area contributed by atoms with Gasteiger partial charge in [0.25, 0.3) is 0 Å². The number of aldehydes is 1. The van der Waals surface area contributed by atoms with Gasteiger partial charge < -0.3 is 4.79 Å². The maximum Gasteiger partial charge on any atom is 0.136 e. The Kier molecular flexibility index (Phi) is 2.70. The van der Waals surface area contributed by atoms with Crippen LogP contribution in [0.4, 0.5) is 0 Å². The zero-order chi connectivity index (χ0) is 11.1. The summed E-state index contributed by atoms with van der Waals surface area (Å²) < 4.78 is 0. The Balaban J connectivity index is 2.24. The first-order chi connectivity index (χ1) is 7.09. The lowest BCUT2D eigenvalue weighted by Crippen LogP contribution is -2.39. The van der Waals surface area contributed by atoms with Gasteiger partial charge in [-0.15, -0.1) is 0 Å². The summed E-state index contributed by atoms with van der Waals surface area (Å²) in [6, 6.07) is 0. The highest BCUT2D eigenvalue weighted by atomic mass is 16.1. The summed E-state index contributed by atoms with van der Waals surface area (Å²) >= 11 is 0. The van der Waals surface area contributed by atoms with Crippen LogP contribution >= 0.6 is 0 Å². The van der Waals surface area contributed by atoms with E-state index in [0.29, 0.717) is 11.7 Å². The molecule has 0 saturated heterocycles. The van der Waals surface area contributed by atoms with E-state index in [1.54, 1.807) is 0 Å². The van der Waals surface area contributed by atoms with Crippen LogP contribution < -0.4 is 0 Å². The van der Waals surface area contributed by atoms with Gasteiger partial charge in [-0.25, -0.2) is 0 Å². The average Bonchev–Trinajstić information content (AvgIpc) is 2.56. The third-order valence-electron chi connectivity index (χ3n) is 4.79. The molecule has 0 bridgehead atoms. The lowest BCUT2D eigenvalue weighted by molar-refractivity contribution is -0.131. The van der Waals surface area contributed by atoms with Crippen LogP contribution in [0.15, 0.2) is 0 Å². The molecule has 0 aromatic rings. The van der Waals surface area contributed by atoms with Crippen molar-refractivity contribution >= 4 is 12.1 Å². The molecular formula is C13H20O2. The lowest BCUT2D eigenvalue weighted by atomic mass is 9.62. The van der Waals surface area contributed by atoms with Crippen LogP contribution in [0.25, 0.3) is 0 Å². The van der Waals surface area contributed by atoms with Gasteiger partial charge in [-0.1, -0.05) is 13.8 Å². The number of rotatable bonds is 2. The molecule has 0 spiro atoms. The number of hydrogen-bond acceptors (Lipinski definition) is 2. The second-order valence-electron chi connectivity index (χ2n) is 5.56. The summed E-state index contributed by atoms with van der Waals surface area (Å²) in [6.07, 6.45) is 6.06. The Hall–Kier alpha value is -0.660. The third kappa shape index (κ3) is 1.54. The van der Waals surface area contributed by atoms with Gasteiger partial charge in [0, 0.05) is 18.3 Å². The molecule has 2 fully saturated rings. The fraction of sp³-hybridized carbons (Fsp3) is 0.846. The van der Waals surface area contributed by atoms with Crippen molar-refractivity contribution in [2.75, 3.05) is 0 Å². The molecule has 0 heterocycles. The Labute approximate surface area is 91.4 Å². The molecule has 15 heavy (non-hydrogen) atoms. The van der Waals surface area contributed by atoms with E-state index in [1.165, 1.54) is 0 Å². The van der Waals surface area contributed by atoms with Gasteiger partial charge in [0.15, 0.2) is 0 Å². The minimum absolute atomic E-state index is 0.117. The molecule has 2 aliphatic carbocycles.